The van der Waals surface area contributed by atoms with Crippen LogP contribution in [0.25, 0.3) is 0 Å². The van der Waals surface area contributed by atoms with Gasteiger partial charge in [0.25, 0.3) is 0 Å². The van der Waals surface area contributed by atoms with E-state index in [2.05, 4.69) is 6.58 Å². The first kappa shape index (κ1) is 19.2. The molecule has 0 amide bonds. The third kappa shape index (κ3) is 4.20. The molecule has 0 N–H and O–H groups in total. The number of methoxy groups -OCH3 is 2. The van der Waals surface area contributed by atoms with Crippen molar-refractivity contribution in [3.63, 3.8) is 0 Å². The maximum Gasteiger partial charge on any atom is 0.163 e. The molecular weight excluding hydrogens is 336 g/mol. The minimum Gasteiger partial charge on any atom is -0.493 e. The quantitative estimate of drug-likeness (QED) is 0.693. The molecule has 2 saturated heterocycles. The maximum atomic E-state index is 6.18. The molecule has 6 heteroatoms. The van der Waals surface area contributed by atoms with E-state index >= 15 is 0 Å². The van der Waals surface area contributed by atoms with Crippen molar-refractivity contribution in [2.45, 2.75) is 57.1 Å². The summed E-state index contributed by atoms with van der Waals surface area (Å²) in [5, 5.41) is 0. The fourth-order valence-corrected chi connectivity index (χ4v) is 3.40. The molecule has 2 heterocycles. The van der Waals surface area contributed by atoms with Crippen molar-refractivity contribution < 1.29 is 28.4 Å². The smallest absolute Gasteiger partial charge is 0.163 e. The van der Waals surface area contributed by atoms with E-state index in [-0.39, 0.29) is 24.4 Å². The third-order valence-corrected chi connectivity index (χ3v) is 4.73. The molecule has 3 rings (SSSR count). The van der Waals surface area contributed by atoms with Crippen LogP contribution in [0, 0.1) is 0 Å². The number of ether oxygens (including phenoxy) is 6. The second kappa shape index (κ2) is 7.96. The number of rotatable bonds is 7. The van der Waals surface area contributed by atoms with Gasteiger partial charge in [-0.3, -0.25) is 0 Å². The van der Waals surface area contributed by atoms with Crippen molar-refractivity contribution in [1.82, 2.24) is 0 Å². The minimum absolute atomic E-state index is 0.0392. The van der Waals surface area contributed by atoms with Crippen LogP contribution in [0.15, 0.2) is 30.9 Å². The summed E-state index contributed by atoms with van der Waals surface area (Å²) >= 11 is 0. The summed E-state index contributed by atoms with van der Waals surface area (Å²) in [5.74, 6) is 0.795. The Morgan fingerprint density at radius 2 is 2.00 bits per heavy atom. The van der Waals surface area contributed by atoms with E-state index in [1.807, 2.05) is 38.1 Å². The second-order valence-corrected chi connectivity index (χ2v) is 7.02. The molecule has 2 aliphatic rings. The molecule has 0 spiro atoms. The Morgan fingerprint density at radius 1 is 1.23 bits per heavy atom. The molecule has 26 heavy (non-hydrogen) atoms. The second-order valence-electron chi connectivity index (χ2n) is 7.02. The molecule has 0 aromatic heterocycles. The van der Waals surface area contributed by atoms with Crippen LogP contribution >= 0.6 is 0 Å². The fraction of sp³-hybridized carbons (Fsp3) is 0.600. The number of hydrogen-bond acceptors (Lipinski definition) is 6. The zero-order valence-corrected chi connectivity index (χ0v) is 15.9. The first-order valence-corrected chi connectivity index (χ1v) is 8.88. The van der Waals surface area contributed by atoms with Crippen LogP contribution in [0.5, 0.6) is 11.5 Å². The lowest BCUT2D eigenvalue weighted by molar-refractivity contribution is -0.163. The molecule has 0 bridgehead atoms. The van der Waals surface area contributed by atoms with Gasteiger partial charge in [-0.2, -0.15) is 0 Å². The Hall–Kier alpha value is -1.60. The maximum absolute atomic E-state index is 6.18. The first-order chi connectivity index (χ1) is 12.5. The summed E-state index contributed by atoms with van der Waals surface area (Å²) in [6.07, 6.45) is 2.11. The summed E-state index contributed by atoms with van der Waals surface area (Å²) in [7, 11) is 3.24. The van der Waals surface area contributed by atoms with Crippen molar-refractivity contribution in [3.05, 3.63) is 36.4 Å². The van der Waals surface area contributed by atoms with Gasteiger partial charge in [0.2, 0.25) is 0 Å². The summed E-state index contributed by atoms with van der Waals surface area (Å²) < 4.78 is 34.6. The van der Waals surface area contributed by atoms with Crippen LogP contribution < -0.4 is 9.47 Å². The highest BCUT2D eigenvalue weighted by atomic mass is 16.8. The predicted octanol–water partition coefficient (Wildman–Crippen LogP) is 3.08. The van der Waals surface area contributed by atoms with Crippen molar-refractivity contribution in [3.8, 4) is 11.5 Å². The Labute approximate surface area is 155 Å². The van der Waals surface area contributed by atoms with Crippen LogP contribution in [0.4, 0.5) is 0 Å². The molecule has 1 aromatic carbocycles. The largest absolute Gasteiger partial charge is 0.493 e. The summed E-state index contributed by atoms with van der Waals surface area (Å²) in [5.41, 5.74) is 1.01. The number of hydrogen-bond donors (Lipinski definition) is 0. The van der Waals surface area contributed by atoms with Crippen molar-refractivity contribution in [1.29, 1.82) is 0 Å². The summed E-state index contributed by atoms with van der Waals surface area (Å²) in [4.78, 5) is 0. The van der Waals surface area contributed by atoms with Gasteiger partial charge in [-0.15, -0.1) is 6.58 Å². The van der Waals surface area contributed by atoms with Gasteiger partial charge >= 0.3 is 0 Å². The third-order valence-electron chi connectivity index (χ3n) is 4.73. The highest BCUT2D eigenvalue weighted by Crippen LogP contribution is 2.34. The fourth-order valence-electron chi connectivity index (χ4n) is 3.40. The van der Waals surface area contributed by atoms with E-state index in [0.717, 1.165) is 12.0 Å². The summed E-state index contributed by atoms with van der Waals surface area (Å²) in [6.45, 7) is 8.61. The van der Waals surface area contributed by atoms with Crippen LogP contribution in [0.2, 0.25) is 0 Å². The van der Waals surface area contributed by atoms with E-state index in [9.17, 15) is 0 Å². The molecular formula is C20H28O6. The van der Waals surface area contributed by atoms with E-state index < -0.39 is 5.79 Å². The van der Waals surface area contributed by atoms with Gasteiger partial charge in [-0.25, -0.2) is 0 Å². The molecule has 2 fully saturated rings. The number of benzene rings is 1. The monoisotopic (exact) mass is 364 g/mol. The van der Waals surface area contributed by atoms with Crippen molar-refractivity contribution >= 4 is 0 Å². The molecule has 0 saturated carbocycles. The molecule has 0 aliphatic carbocycles. The zero-order chi connectivity index (χ0) is 18.7. The topological polar surface area (TPSA) is 55.4 Å². The van der Waals surface area contributed by atoms with Crippen molar-refractivity contribution in [2.75, 3.05) is 20.8 Å². The van der Waals surface area contributed by atoms with E-state index in [0.29, 0.717) is 24.7 Å². The van der Waals surface area contributed by atoms with Gasteiger partial charge in [-0.05, 0) is 31.5 Å². The lowest BCUT2D eigenvalue weighted by Crippen LogP contribution is -2.38. The zero-order valence-electron chi connectivity index (χ0n) is 15.9. The average molecular weight is 364 g/mol. The Balaban J connectivity index is 1.66. The molecule has 0 unspecified atom stereocenters. The van der Waals surface area contributed by atoms with Crippen molar-refractivity contribution in [2.24, 2.45) is 0 Å². The average Bonchev–Trinajstić information content (AvgIpc) is 3.22. The first-order valence-electron chi connectivity index (χ1n) is 8.88. The highest BCUT2D eigenvalue weighted by Gasteiger charge is 2.46. The molecule has 2 aliphatic heterocycles. The van der Waals surface area contributed by atoms with Gasteiger partial charge < -0.3 is 28.4 Å². The van der Waals surface area contributed by atoms with Gasteiger partial charge in [0, 0.05) is 6.42 Å². The Bertz CT molecular complexity index is 629. The van der Waals surface area contributed by atoms with Gasteiger partial charge in [0.05, 0.1) is 39.6 Å². The lowest BCUT2D eigenvalue weighted by Gasteiger charge is -2.25. The Morgan fingerprint density at radius 3 is 2.62 bits per heavy atom. The van der Waals surface area contributed by atoms with E-state index in [4.69, 9.17) is 28.4 Å². The molecule has 4 atom stereocenters. The lowest BCUT2D eigenvalue weighted by atomic mass is 10.1. The van der Waals surface area contributed by atoms with Crippen LogP contribution in [0.1, 0.15) is 25.8 Å². The predicted molar refractivity (Wildman–Crippen MR) is 96.5 cm³/mol. The minimum atomic E-state index is -0.589. The molecule has 1 aromatic rings. The van der Waals surface area contributed by atoms with Crippen LogP contribution in [-0.4, -0.2) is 51.0 Å². The SMILES string of the molecule is C=C[C@@H]1C[C@@H](OCc2ccc(OC)c(OC)c2)[C@@H]([C@H]2COC(C)(C)O2)O1. The van der Waals surface area contributed by atoms with E-state index in [1.54, 1.807) is 14.2 Å². The van der Waals surface area contributed by atoms with Gasteiger partial charge in [0.15, 0.2) is 17.3 Å². The highest BCUT2D eigenvalue weighted by molar-refractivity contribution is 5.42. The normalized spacial score (nSPS) is 30.3. The van der Waals surface area contributed by atoms with Gasteiger partial charge in [-0.1, -0.05) is 12.1 Å². The molecule has 0 radical (unpaired) electrons. The summed E-state index contributed by atoms with van der Waals surface area (Å²) in [6, 6.07) is 5.77. The Kier molecular flexibility index (Phi) is 5.87. The molecule has 6 nitrogen and oxygen atoms in total. The van der Waals surface area contributed by atoms with E-state index in [1.165, 1.54) is 0 Å². The van der Waals surface area contributed by atoms with Crippen LogP contribution in [0.3, 0.4) is 0 Å². The van der Waals surface area contributed by atoms with Gasteiger partial charge in [0.1, 0.15) is 12.2 Å². The van der Waals surface area contributed by atoms with Crippen LogP contribution in [-0.2, 0) is 25.6 Å². The standard InChI is InChI=1S/C20H28O6/c1-6-14-10-17(19(25-14)18-12-24-20(2,3)26-18)23-11-13-7-8-15(21-4)16(9-13)22-5/h6-9,14,17-19H,1,10-12H2,2-5H3/t14-,17-,18-,19+/m1/s1. The molecule has 144 valence electrons.